The molecule has 1 aliphatic heterocycles. The third-order valence-corrected chi connectivity index (χ3v) is 5.80. The Hall–Kier alpha value is -2.93. The average molecular weight is 424 g/mol. The Bertz CT molecular complexity index is 1000. The molecule has 30 heavy (non-hydrogen) atoms. The Labute approximate surface area is 180 Å². The minimum atomic E-state index is -0.122. The van der Waals surface area contributed by atoms with Crippen molar-refractivity contribution in [1.29, 1.82) is 0 Å². The quantitative estimate of drug-likeness (QED) is 0.635. The molecule has 1 aliphatic rings. The summed E-state index contributed by atoms with van der Waals surface area (Å²) in [6.45, 7) is 5.48. The first kappa shape index (κ1) is 20.3. The van der Waals surface area contributed by atoms with Gasteiger partial charge in [0.2, 0.25) is 5.91 Å². The molecule has 0 fully saturated rings. The molecular formula is C23H25N3O3S. The number of fused-ring (bicyclic) bond motifs is 1. The van der Waals surface area contributed by atoms with Crippen molar-refractivity contribution in [3.63, 3.8) is 0 Å². The second kappa shape index (κ2) is 9.26. The van der Waals surface area contributed by atoms with Gasteiger partial charge in [-0.3, -0.25) is 9.78 Å². The molecular weight excluding hydrogens is 398 g/mol. The number of amides is 1. The molecule has 3 heterocycles. The first-order valence-electron chi connectivity index (χ1n) is 10.1. The van der Waals surface area contributed by atoms with E-state index >= 15 is 0 Å². The predicted molar refractivity (Wildman–Crippen MR) is 117 cm³/mol. The van der Waals surface area contributed by atoms with Crippen molar-refractivity contribution >= 4 is 17.2 Å². The molecule has 1 unspecified atom stereocenters. The molecule has 6 nitrogen and oxygen atoms in total. The predicted octanol–water partition coefficient (Wildman–Crippen LogP) is 4.42. The normalized spacial score (nSPS) is 14.2. The van der Waals surface area contributed by atoms with Gasteiger partial charge in [0.25, 0.3) is 0 Å². The SMILES string of the molecule is CC(C)C(NC(=O)Cc1csc(-c2ccccn2)n1)c1ccc2c(c1)OCCCO2. The van der Waals surface area contributed by atoms with Crippen LogP contribution in [-0.4, -0.2) is 29.1 Å². The smallest absolute Gasteiger partial charge is 0.226 e. The zero-order valence-corrected chi connectivity index (χ0v) is 17.9. The van der Waals surface area contributed by atoms with Gasteiger partial charge in [0.15, 0.2) is 11.5 Å². The van der Waals surface area contributed by atoms with E-state index in [1.54, 1.807) is 6.20 Å². The van der Waals surface area contributed by atoms with Gasteiger partial charge < -0.3 is 14.8 Å². The van der Waals surface area contributed by atoms with E-state index in [4.69, 9.17) is 9.47 Å². The summed E-state index contributed by atoms with van der Waals surface area (Å²) < 4.78 is 11.5. The number of ether oxygens (including phenoxy) is 2. The summed E-state index contributed by atoms with van der Waals surface area (Å²) >= 11 is 1.50. The summed E-state index contributed by atoms with van der Waals surface area (Å²) in [6, 6.07) is 11.5. The number of hydrogen-bond donors (Lipinski definition) is 1. The number of nitrogens with zero attached hydrogens (tertiary/aromatic N) is 2. The Morgan fingerprint density at radius 2 is 2.00 bits per heavy atom. The molecule has 0 radical (unpaired) electrons. The van der Waals surface area contributed by atoms with E-state index < -0.39 is 0 Å². The second-order valence-electron chi connectivity index (χ2n) is 7.58. The van der Waals surface area contributed by atoms with E-state index in [-0.39, 0.29) is 24.3 Å². The highest BCUT2D eigenvalue weighted by Gasteiger charge is 2.22. The van der Waals surface area contributed by atoms with Crippen LogP contribution in [-0.2, 0) is 11.2 Å². The Morgan fingerprint density at radius 1 is 1.17 bits per heavy atom. The highest BCUT2D eigenvalue weighted by atomic mass is 32.1. The van der Waals surface area contributed by atoms with E-state index in [0.717, 1.165) is 39.9 Å². The van der Waals surface area contributed by atoms with Gasteiger partial charge in [-0.05, 0) is 35.7 Å². The highest BCUT2D eigenvalue weighted by molar-refractivity contribution is 7.13. The van der Waals surface area contributed by atoms with Gasteiger partial charge in [-0.2, -0.15) is 0 Å². The molecule has 1 atom stereocenters. The number of nitrogens with one attached hydrogen (secondary N) is 1. The Kier molecular flexibility index (Phi) is 6.28. The zero-order valence-electron chi connectivity index (χ0n) is 17.1. The molecule has 0 saturated heterocycles. The molecule has 0 spiro atoms. The molecule has 0 aliphatic carbocycles. The van der Waals surface area contributed by atoms with Gasteiger partial charge in [-0.25, -0.2) is 4.98 Å². The van der Waals surface area contributed by atoms with Gasteiger partial charge in [0.1, 0.15) is 5.01 Å². The van der Waals surface area contributed by atoms with Gasteiger partial charge >= 0.3 is 0 Å². The van der Waals surface area contributed by atoms with Crippen molar-refractivity contribution in [3.8, 4) is 22.2 Å². The molecule has 156 valence electrons. The van der Waals surface area contributed by atoms with Crippen molar-refractivity contribution in [2.45, 2.75) is 32.7 Å². The van der Waals surface area contributed by atoms with E-state index in [0.29, 0.717) is 13.2 Å². The number of carbonyl (C=O) groups excluding carboxylic acids is 1. The fourth-order valence-corrected chi connectivity index (χ4v) is 4.19. The Balaban J connectivity index is 1.45. The minimum Gasteiger partial charge on any atom is -0.490 e. The summed E-state index contributed by atoms with van der Waals surface area (Å²) in [5.41, 5.74) is 2.58. The molecule has 0 bridgehead atoms. The highest BCUT2D eigenvalue weighted by Crippen LogP contribution is 2.34. The van der Waals surface area contributed by atoms with E-state index in [1.165, 1.54) is 11.3 Å². The lowest BCUT2D eigenvalue weighted by Gasteiger charge is -2.23. The first-order chi connectivity index (χ1) is 14.6. The van der Waals surface area contributed by atoms with Crippen LogP contribution in [0.4, 0.5) is 0 Å². The molecule has 1 amide bonds. The fourth-order valence-electron chi connectivity index (χ4n) is 3.39. The average Bonchev–Trinajstić information content (AvgIpc) is 3.08. The van der Waals surface area contributed by atoms with Crippen molar-refractivity contribution < 1.29 is 14.3 Å². The third-order valence-electron chi connectivity index (χ3n) is 4.89. The van der Waals surface area contributed by atoms with Crippen LogP contribution in [0, 0.1) is 5.92 Å². The van der Waals surface area contributed by atoms with Crippen molar-refractivity contribution in [3.05, 3.63) is 59.2 Å². The molecule has 3 aromatic rings. The molecule has 0 saturated carbocycles. The maximum absolute atomic E-state index is 12.8. The lowest BCUT2D eigenvalue weighted by atomic mass is 9.95. The van der Waals surface area contributed by atoms with Crippen LogP contribution < -0.4 is 14.8 Å². The molecule has 4 rings (SSSR count). The lowest BCUT2D eigenvalue weighted by molar-refractivity contribution is -0.121. The van der Waals surface area contributed by atoms with Crippen LogP contribution in [0.5, 0.6) is 11.5 Å². The summed E-state index contributed by atoms with van der Waals surface area (Å²) in [6.07, 6.45) is 2.84. The number of carbonyl (C=O) groups is 1. The molecule has 7 heteroatoms. The van der Waals surface area contributed by atoms with Crippen molar-refractivity contribution in [1.82, 2.24) is 15.3 Å². The summed E-state index contributed by atoms with van der Waals surface area (Å²) in [4.78, 5) is 21.7. The standard InChI is InChI=1S/C23H25N3O3S/c1-15(2)22(16-7-8-19-20(12-16)29-11-5-10-28-19)26-21(27)13-17-14-30-23(25-17)18-6-3-4-9-24-18/h3-4,6-9,12,14-15,22H,5,10-11,13H2,1-2H3,(H,26,27). The van der Waals surface area contributed by atoms with Crippen molar-refractivity contribution in [2.24, 2.45) is 5.92 Å². The molecule has 1 N–H and O–H groups in total. The topological polar surface area (TPSA) is 73.3 Å². The van der Waals surface area contributed by atoms with Crippen LogP contribution >= 0.6 is 11.3 Å². The largest absolute Gasteiger partial charge is 0.490 e. The maximum Gasteiger partial charge on any atom is 0.226 e. The van der Waals surface area contributed by atoms with Crippen molar-refractivity contribution in [2.75, 3.05) is 13.2 Å². The number of rotatable bonds is 6. The number of pyridine rings is 1. The summed E-state index contributed by atoms with van der Waals surface area (Å²) in [5, 5.41) is 5.91. The number of benzene rings is 1. The second-order valence-corrected chi connectivity index (χ2v) is 8.44. The zero-order chi connectivity index (χ0) is 20.9. The molecule has 2 aromatic heterocycles. The fraction of sp³-hybridized carbons (Fsp3) is 0.348. The minimum absolute atomic E-state index is 0.0568. The number of thiazole rings is 1. The van der Waals surface area contributed by atoms with Crippen LogP contribution in [0.15, 0.2) is 48.0 Å². The monoisotopic (exact) mass is 423 g/mol. The van der Waals surface area contributed by atoms with Gasteiger partial charge in [0, 0.05) is 18.0 Å². The lowest BCUT2D eigenvalue weighted by Crippen LogP contribution is -2.33. The third kappa shape index (κ3) is 4.79. The van der Waals surface area contributed by atoms with Crippen LogP contribution in [0.3, 0.4) is 0 Å². The Morgan fingerprint density at radius 3 is 2.77 bits per heavy atom. The summed E-state index contributed by atoms with van der Waals surface area (Å²) in [5.74, 6) is 1.66. The number of hydrogen-bond acceptors (Lipinski definition) is 6. The van der Waals surface area contributed by atoms with Crippen LogP contribution in [0.2, 0.25) is 0 Å². The summed E-state index contributed by atoms with van der Waals surface area (Å²) in [7, 11) is 0. The van der Waals surface area contributed by atoms with Gasteiger partial charge in [-0.1, -0.05) is 26.0 Å². The molecule has 1 aromatic carbocycles. The first-order valence-corrected chi connectivity index (χ1v) is 11.0. The van der Waals surface area contributed by atoms with Crippen LogP contribution in [0.25, 0.3) is 10.7 Å². The van der Waals surface area contributed by atoms with Gasteiger partial charge in [-0.15, -0.1) is 11.3 Å². The number of aromatic nitrogens is 2. The van der Waals surface area contributed by atoms with Gasteiger partial charge in [0.05, 0.1) is 37.1 Å². The van der Waals surface area contributed by atoms with E-state index in [1.807, 2.05) is 41.8 Å². The van der Waals surface area contributed by atoms with E-state index in [2.05, 4.69) is 29.1 Å². The van der Waals surface area contributed by atoms with Crippen LogP contribution in [0.1, 0.15) is 37.6 Å². The van der Waals surface area contributed by atoms with E-state index in [9.17, 15) is 4.79 Å². The maximum atomic E-state index is 12.8.